The summed E-state index contributed by atoms with van der Waals surface area (Å²) in [6.07, 6.45) is -0.250. The third-order valence-electron chi connectivity index (χ3n) is 7.74. The van der Waals surface area contributed by atoms with Gasteiger partial charge in [0.15, 0.2) is 23.1 Å². The molecule has 4 aromatic carbocycles. The molecular weight excluding hydrogens is 608 g/mol. The van der Waals surface area contributed by atoms with Crippen molar-refractivity contribution < 1.29 is 50.8 Å². The number of halogens is 4. The first-order chi connectivity index (χ1) is 22.1. The maximum Gasteiger partial charge on any atom is 0.200 e. The topological polar surface area (TPSA) is 72.5 Å². The van der Waals surface area contributed by atoms with Crippen LogP contribution in [-0.2, 0) is 17.6 Å². The van der Waals surface area contributed by atoms with E-state index < -0.39 is 40.9 Å². The number of rotatable bonds is 14. The molecule has 2 atom stereocenters. The van der Waals surface area contributed by atoms with Gasteiger partial charge in [0, 0.05) is 11.1 Å². The monoisotopic (exact) mass is 642 g/mol. The normalized spacial score (nSPS) is 12.2. The highest BCUT2D eigenvalue weighted by Crippen LogP contribution is 2.42. The van der Waals surface area contributed by atoms with Crippen LogP contribution >= 0.6 is 0 Å². The number of carbonyl (C=O) groups is 1. The molecule has 0 saturated heterocycles. The average molecular weight is 643 g/mol. The first kappa shape index (κ1) is 34.0. The fraction of sp³-hybridized carbons (Fsp3) is 0.286. The minimum atomic E-state index is -1.17. The Kier molecular flexibility index (Phi) is 11.0. The first-order valence-electron chi connectivity index (χ1n) is 14.1. The summed E-state index contributed by atoms with van der Waals surface area (Å²) in [6.45, 7) is 0. The number of methoxy groups -OCH3 is 6. The average Bonchev–Trinajstić information content (AvgIpc) is 3.07. The van der Waals surface area contributed by atoms with Crippen LogP contribution in [0.3, 0.4) is 0 Å². The lowest BCUT2D eigenvalue weighted by Gasteiger charge is -2.27. The molecule has 0 N–H and O–H groups in total. The van der Waals surface area contributed by atoms with Crippen molar-refractivity contribution in [2.45, 2.75) is 24.7 Å². The van der Waals surface area contributed by atoms with E-state index in [0.29, 0.717) is 34.1 Å². The van der Waals surface area contributed by atoms with Gasteiger partial charge in [-0.1, -0.05) is 0 Å². The lowest BCUT2D eigenvalue weighted by Crippen LogP contribution is -2.25. The number of carbonyl (C=O) groups excluding carboxylic acids is 1. The third kappa shape index (κ3) is 7.14. The molecule has 0 bridgehead atoms. The van der Waals surface area contributed by atoms with Gasteiger partial charge >= 0.3 is 0 Å². The van der Waals surface area contributed by atoms with Crippen molar-refractivity contribution in [2.75, 3.05) is 42.7 Å². The molecule has 0 heterocycles. The first-order valence-corrected chi connectivity index (χ1v) is 14.1. The lowest BCUT2D eigenvalue weighted by atomic mass is 9.77. The predicted octanol–water partition coefficient (Wildman–Crippen LogP) is 7.22. The molecule has 46 heavy (non-hydrogen) atoms. The molecule has 0 aromatic heterocycles. The molecule has 4 rings (SSSR count). The Morgan fingerprint density at radius 2 is 0.891 bits per heavy atom. The van der Waals surface area contributed by atoms with E-state index in [1.54, 1.807) is 36.4 Å². The van der Waals surface area contributed by atoms with Crippen molar-refractivity contribution in [3.05, 3.63) is 106 Å². The molecule has 0 amide bonds. The zero-order chi connectivity index (χ0) is 33.5. The van der Waals surface area contributed by atoms with E-state index in [1.165, 1.54) is 54.8 Å². The zero-order valence-electron chi connectivity index (χ0n) is 26.2. The van der Waals surface area contributed by atoms with Crippen molar-refractivity contribution in [1.29, 1.82) is 0 Å². The van der Waals surface area contributed by atoms with Gasteiger partial charge in [0.25, 0.3) is 0 Å². The van der Waals surface area contributed by atoms with Crippen LogP contribution in [0.5, 0.6) is 34.5 Å². The maximum atomic E-state index is 15.0. The van der Waals surface area contributed by atoms with Crippen molar-refractivity contribution in [2.24, 2.45) is 0 Å². The van der Waals surface area contributed by atoms with Crippen LogP contribution in [0, 0.1) is 23.3 Å². The van der Waals surface area contributed by atoms with Crippen LogP contribution in [0.25, 0.3) is 0 Å². The van der Waals surface area contributed by atoms with Crippen LogP contribution in [0.2, 0.25) is 0 Å². The molecule has 244 valence electrons. The highest BCUT2D eigenvalue weighted by atomic mass is 19.2. The van der Waals surface area contributed by atoms with E-state index >= 15 is 4.79 Å². The largest absolute Gasteiger partial charge is 0.497 e. The standard InChI is InChI=1S/C35H34F4O7/c1-41-21-7-9-29(43-3)23(17-21)25(11-19-13-27(36)33(38)31(15-19)45-5)35(40)26(24-18-22(42-2)8-10-30(24)44-4)12-20-14-28(37)34(39)32(16-20)46-6/h7-10,13-18,25-26H,11-12H2,1-6H3. The molecule has 2 unspecified atom stereocenters. The lowest BCUT2D eigenvalue weighted by molar-refractivity contribution is -0.122. The Morgan fingerprint density at radius 3 is 1.22 bits per heavy atom. The van der Waals surface area contributed by atoms with Crippen molar-refractivity contribution in [1.82, 2.24) is 0 Å². The van der Waals surface area contributed by atoms with Gasteiger partial charge in [-0.3, -0.25) is 4.79 Å². The number of hydrogen-bond acceptors (Lipinski definition) is 7. The molecule has 0 spiro atoms. The molecule has 0 fully saturated rings. The van der Waals surface area contributed by atoms with E-state index in [9.17, 15) is 17.6 Å². The van der Waals surface area contributed by atoms with Gasteiger partial charge in [-0.2, -0.15) is 8.78 Å². The smallest absolute Gasteiger partial charge is 0.200 e. The summed E-state index contributed by atoms with van der Waals surface area (Å²) in [6, 6.07) is 14.4. The second-order valence-corrected chi connectivity index (χ2v) is 10.3. The molecular formula is C35H34F4O7. The quantitative estimate of drug-likeness (QED) is 0.135. The van der Waals surface area contributed by atoms with Gasteiger partial charge in [-0.05, 0) is 84.6 Å². The van der Waals surface area contributed by atoms with Gasteiger partial charge in [-0.15, -0.1) is 0 Å². The molecule has 11 heteroatoms. The predicted molar refractivity (Wildman–Crippen MR) is 163 cm³/mol. The number of Topliss-reactive ketones (excluding diaryl/α,β-unsaturated/α-hetero) is 1. The van der Waals surface area contributed by atoms with Gasteiger partial charge < -0.3 is 28.4 Å². The number of ketones is 1. The SMILES string of the molecule is COc1ccc(OC)c(C(Cc2cc(F)c(F)c(OC)c2)C(=O)C(Cc2cc(F)c(F)c(OC)c2)c2cc(OC)ccc2OC)c1. The molecule has 7 nitrogen and oxygen atoms in total. The minimum absolute atomic E-state index is 0.125. The highest BCUT2D eigenvalue weighted by Gasteiger charge is 2.35. The van der Waals surface area contributed by atoms with Crippen molar-refractivity contribution in [3.63, 3.8) is 0 Å². The van der Waals surface area contributed by atoms with Gasteiger partial charge in [-0.25, -0.2) is 8.78 Å². The summed E-state index contributed by atoms with van der Waals surface area (Å²) < 4.78 is 90.4. The summed E-state index contributed by atoms with van der Waals surface area (Å²) in [5, 5.41) is 0. The summed E-state index contributed by atoms with van der Waals surface area (Å²) in [5.41, 5.74) is 1.30. The van der Waals surface area contributed by atoms with E-state index in [2.05, 4.69) is 0 Å². The molecule has 0 aliphatic carbocycles. The second-order valence-electron chi connectivity index (χ2n) is 10.3. The van der Waals surface area contributed by atoms with Crippen LogP contribution < -0.4 is 28.4 Å². The molecule has 0 aliphatic rings. The Balaban J connectivity index is 1.97. The Hall–Kier alpha value is -4.93. The Labute approximate surface area is 264 Å². The summed E-state index contributed by atoms with van der Waals surface area (Å²) in [5.74, 6) is -6.37. The second kappa shape index (κ2) is 14.9. The third-order valence-corrected chi connectivity index (χ3v) is 7.74. The minimum Gasteiger partial charge on any atom is -0.497 e. The van der Waals surface area contributed by atoms with Gasteiger partial charge in [0.2, 0.25) is 11.6 Å². The van der Waals surface area contributed by atoms with E-state index in [1.807, 2.05) is 0 Å². The summed E-state index contributed by atoms with van der Waals surface area (Å²) in [4.78, 5) is 15.0. The van der Waals surface area contributed by atoms with Gasteiger partial charge in [0.05, 0.1) is 54.5 Å². The van der Waals surface area contributed by atoms with Gasteiger partial charge in [0.1, 0.15) is 28.8 Å². The zero-order valence-corrected chi connectivity index (χ0v) is 26.2. The van der Waals surface area contributed by atoms with Crippen molar-refractivity contribution >= 4 is 5.78 Å². The van der Waals surface area contributed by atoms with Crippen LogP contribution in [0.4, 0.5) is 17.6 Å². The van der Waals surface area contributed by atoms with E-state index in [-0.39, 0.29) is 35.5 Å². The van der Waals surface area contributed by atoms with Crippen LogP contribution in [-0.4, -0.2) is 48.4 Å². The van der Waals surface area contributed by atoms with Crippen molar-refractivity contribution in [3.8, 4) is 34.5 Å². The fourth-order valence-electron chi connectivity index (χ4n) is 5.43. The van der Waals surface area contributed by atoms with Crippen LogP contribution in [0.1, 0.15) is 34.1 Å². The summed E-state index contributed by atoms with van der Waals surface area (Å²) >= 11 is 0. The highest BCUT2D eigenvalue weighted by molar-refractivity contribution is 5.93. The Morgan fingerprint density at radius 1 is 0.522 bits per heavy atom. The molecule has 0 aliphatic heterocycles. The molecule has 4 aromatic rings. The fourth-order valence-corrected chi connectivity index (χ4v) is 5.43. The molecule has 0 saturated carbocycles. The Bertz CT molecular complexity index is 1590. The summed E-state index contributed by atoms with van der Waals surface area (Å²) in [7, 11) is 8.20. The van der Waals surface area contributed by atoms with Crippen LogP contribution in [0.15, 0.2) is 60.7 Å². The number of hydrogen-bond donors (Lipinski definition) is 0. The maximum absolute atomic E-state index is 15.0. The molecule has 0 radical (unpaired) electrons. The number of benzene rings is 4. The number of ether oxygens (including phenoxy) is 6. The van der Waals surface area contributed by atoms with E-state index in [0.717, 1.165) is 12.1 Å². The van der Waals surface area contributed by atoms with E-state index in [4.69, 9.17) is 28.4 Å².